The molecule has 0 saturated heterocycles. The highest BCUT2D eigenvalue weighted by Gasteiger charge is 2.26. The van der Waals surface area contributed by atoms with Crippen molar-refractivity contribution >= 4 is 34.0 Å². The Morgan fingerprint density at radius 3 is 2.92 bits per heavy atom. The van der Waals surface area contributed by atoms with E-state index in [0.29, 0.717) is 12.6 Å². The maximum Gasteiger partial charge on any atom is 0.311 e. The van der Waals surface area contributed by atoms with Crippen molar-refractivity contribution in [1.29, 1.82) is 0 Å². The van der Waals surface area contributed by atoms with Gasteiger partial charge in [0, 0.05) is 18.8 Å². The molecule has 1 aromatic carbocycles. The van der Waals surface area contributed by atoms with E-state index in [0.717, 1.165) is 22.4 Å². The van der Waals surface area contributed by atoms with Crippen LogP contribution in [0, 0.1) is 17.0 Å². The number of rotatable bonds is 5. The number of nitro groups is 1. The zero-order valence-corrected chi connectivity index (χ0v) is 14.3. The molecule has 8 heteroatoms. The number of nitrogens with zero attached hydrogens (tertiary/aromatic N) is 4. The zero-order valence-electron chi connectivity index (χ0n) is 13.6. The summed E-state index contributed by atoms with van der Waals surface area (Å²) in [4.78, 5) is 19.0. The topological polar surface area (TPSA) is 85.9 Å². The largest absolute Gasteiger partial charge is 0.374 e. The summed E-state index contributed by atoms with van der Waals surface area (Å²) in [5.74, 6) is 1.02. The minimum Gasteiger partial charge on any atom is -0.374 e. The average Bonchev–Trinajstić information content (AvgIpc) is 3.35. The van der Waals surface area contributed by atoms with Crippen molar-refractivity contribution in [3.8, 4) is 0 Å². The van der Waals surface area contributed by atoms with E-state index in [4.69, 9.17) is 11.6 Å². The van der Waals surface area contributed by atoms with Crippen LogP contribution < -0.4 is 5.32 Å². The Morgan fingerprint density at radius 2 is 2.20 bits per heavy atom. The van der Waals surface area contributed by atoms with Crippen LogP contribution in [0.5, 0.6) is 0 Å². The van der Waals surface area contributed by atoms with Crippen LogP contribution in [0.15, 0.2) is 30.6 Å². The molecule has 4 rings (SSSR count). The van der Waals surface area contributed by atoms with Gasteiger partial charge in [-0.15, -0.1) is 0 Å². The standard InChI is InChI=1S/C17H16ClN5O2/c1-10-21-14-6-11(2-5-15(14)22(10)12-3-4-12)7-20-17-13(18)8-19-9-16(17)23(24)25/h2,5-6,8-9,12H,3-4,7H2,1H3,(H,19,20). The molecule has 1 aliphatic rings. The van der Waals surface area contributed by atoms with Gasteiger partial charge in [-0.3, -0.25) is 15.1 Å². The lowest BCUT2D eigenvalue weighted by molar-refractivity contribution is -0.384. The van der Waals surface area contributed by atoms with Crippen molar-refractivity contribution in [3.63, 3.8) is 0 Å². The fourth-order valence-corrected chi connectivity index (χ4v) is 3.32. The molecule has 1 fully saturated rings. The lowest BCUT2D eigenvalue weighted by Crippen LogP contribution is -2.04. The Bertz CT molecular complexity index is 981. The first-order valence-corrected chi connectivity index (χ1v) is 8.41. The van der Waals surface area contributed by atoms with Crippen LogP contribution in [0.2, 0.25) is 5.02 Å². The molecule has 1 aliphatic carbocycles. The molecule has 7 nitrogen and oxygen atoms in total. The number of anilines is 1. The third-order valence-electron chi connectivity index (χ3n) is 4.39. The number of fused-ring (bicyclic) bond motifs is 1. The van der Waals surface area contributed by atoms with Gasteiger partial charge in [-0.1, -0.05) is 17.7 Å². The Hall–Kier alpha value is -2.67. The van der Waals surface area contributed by atoms with Crippen molar-refractivity contribution < 1.29 is 4.92 Å². The van der Waals surface area contributed by atoms with Crippen LogP contribution in [0.1, 0.15) is 30.3 Å². The lowest BCUT2D eigenvalue weighted by Gasteiger charge is -2.09. The summed E-state index contributed by atoms with van der Waals surface area (Å²) in [6.45, 7) is 2.44. The summed E-state index contributed by atoms with van der Waals surface area (Å²) in [6.07, 6.45) is 5.00. The zero-order chi connectivity index (χ0) is 17.6. The van der Waals surface area contributed by atoms with E-state index in [9.17, 15) is 10.1 Å². The first kappa shape index (κ1) is 15.8. The summed E-state index contributed by atoms with van der Waals surface area (Å²) in [7, 11) is 0. The minimum absolute atomic E-state index is 0.137. The van der Waals surface area contributed by atoms with Gasteiger partial charge in [-0.25, -0.2) is 4.98 Å². The number of nitrogens with one attached hydrogen (secondary N) is 1. The van der Waals surface area contributed by atoms with Gasteiger partial charge in [0.05, 0.1) is 21.0 Å². The van der Waals surface area contributed by atoms with Gasteiger partial charge in [-0.2, -0.15) is 0 Å². The van der Waals surface area contributed by atoms with Crippen molar-refractivity contribution in [3.05, 3.63) is 57.1 Å². The first-order chi connectivity index (χ1) is 12.0. The van der Waals surface area contributed by atoms with Gasteiger partial charge >= 0.3 is 5.69 Å². The second kappa shape index (κ2) is 6.00. The second-order valence-electron chi connectivity index (χ2n) is 6.21. The smallest absolute Gasteiger partial charge is 0.311 e. The predicted molar refractivity (Wildman–Crippen MR) is 96.0 cm³/mol. The molecule has 0 unspecified atom stereocenters. The Morgan fingerprint density at radius 1 is 1.40 bits per heavy atom. The quantitative estimate of drug-likeness (QED) is 0.545. The van der Waals surface area contributed by atoms with Crippen molar-refractivity contribution in [2.24, 2.45) is 0 Å². The number of pyridine rings is 1. The maximum atomic E-state index is 11.1. The molecule has 128 valence electrons. The molecule has 0 amide bonds. The number of benzene rings is 1. The van der Waals surface area contributed by atoms with E-state index in [2.05, 4.69) is 25.9 Å². The van der Waals surface area contributed by atoms with Crippen LogP contribution in [-0.4, -0.2) is 19.5 Å². The SMILES string of the molecule is Cc1nc2cc(CNc3c(Cl)cncc3[N+](=O)[O-])ccc2n1C1CC1. The summed E-state index contributed by atoms with van der Waals surface area (Å²) in [5, 5.41) is 14.4. The summed E-state index contributed by atoms with van der Waals surface area (Å²) in [5.41, 5.74) is 3.20. The molecule has 2 aromatic heterocycles. The number of hydrogen-bond donors (Lipinski definition) is 1. The van der Waals surface area contributed by atoms with E-state index >= 15 is 0 Å². The number of aryl methyl sites for hydroxylation is 1. The van der Waals surface area contributed by atoms with E-state index in [1.807, 2.05) is 19.1 Å². The predicted octanol–water partition coefficient (Wildman–Crippen LogP) is 4.25. The lowest BCUT2D eigenvalue weighted by atomic mass is 10.2. The fraction of sp³-hybridized carbons (Fsp3) is 0.294. The van der Waals surface area contributed by atoms with Gasteiger partial charge in [0.25, 0.3) is 0 Å². The first-order valence-electron chi connectivity index (χ1n) is 8.04. The minimum atomic E-state index is -0.495. The number of hydrogen-bond acceptors (Lipinski definition) is 5. The molecule has 2 heterocycles. The Balaban J connectivity index is 1.61. The van der Waals surface area contributed by atoms with Crippen LogP contribution in [0.4, 0.5) is 11.4 Å². The molecular weight excluding hydrogens is 342 g/mol. The van der Waals surface area contributed by atoms with Crippen molar-refractivity contribution in [2.45, 2.75) is 32.4 Å². The van der Waals surface area contributed by atoms with E-state index in [1.54, 1.807) is 0 Å². The molecule has 3 aromatic rings. The highest BCUT2D eigenvalue weighted by Crippen LogP contribution is 2.38. The second-order valence-corrected chi connectivity index (χ2v) is 6.62. The van der Waals surface area contributed by atoms with Crippen LogP contribution in [0.25, 0.3) is 11.0 Å². The maximum absolute atomic E-state index is 11.1. The van der Waals surface area contributed by atoms with Crippen LogP contribution in [-0.2, 0) is 6.54 Å². The number of halogens is 1. The summed E-state index contributed by atoms with van der Waals surface area (Å²) >= 11 is 6.06. The number of imidazole rings is 1. The molecular formula is C17H16ClN5O2. The third kappa shape index (κ3) is 2.91. The Labute approximate surface area is 148 Å². The molecule has 25 heavy (non-hydrogen) atoms. The molecule has 0 atom stereocenters. The highest BCUT2D eigenvalue weighted by atomic mass is 35.5. The number of aromatic nitrogens is 3. The highest BCUT2D eigenvalue weighted by molar-refractivity contribution is 6.33. The van der Waals surface area contributed by atoms with Crippen LogP contribution >= 0.6 is 11.6 Å². The Kier molecular flexibility index (Phi) is 3.80. The summed E-state index contributed by atoms with van der Waals surface area (Å²) in [6, 6.07) is 6.66. The average molecular weight is 358 g/mol. The van der Waals surface area contributed by atoms with Gasteiger partial charge in [0.1, 0.15) is 17.7 Å². The molecule has 0 aliphatic heterocycles. The third-order valence-corrected chi connectivity index (χ3v) is 4.67. The molecule has 0 spiro atoms. The van der Waals surface area contributed by atoms with E-state index in [1.165, 1.54) is 25.2 Å². The van der Waals surface area contributed by atoms with Gasteiger partial charge in [0.2, 0.25) is 0 Å². The van der Waals surface area contributed by atoms with Crippen molar-refractivity contribution in [2.75, 3.05) is 5.32 Å². The van der Waals surface area contributed by atoms with Crippen LogP contribution in [0.3, 0.4) is 0 Å². The van der Waals surface area contributed by atoms with E-state index < -0.39 is 4.92 Å². The normalized spacial score (nSPS) is 14.0. The monoisotopic (exact) mass is 357 g/mol. The van der Waals surface area contributed by atoms with Gasteiger partial charge in [-0.05, 0) is 37.5 Å². The fourth-order valence-electron chi connectivity index (χ4n) is 3.10. The molecule has 0 radical (unpaired) electrons. The summed E-state index contributed by atoms with van der Waals surface area (Å²) < 4.78 is 2.29. The molecule has 1 N–H and O–H groups in total. The van der Waals surface area contributed by atoms with Gasteiger partial charge in [0.15, 0.2) is 0 Å². The van der Waals surface area contributed by atoms with E-state index in [-0.39, 0.29) is 16.4 Å². The van der Waals surface area contributed by atoms with Crippen molar-refractivity contribution in [1.82, 2.24) is 14.5 Å². The van der Waals surface area contributed by atoms with Gasteiger partial charge < -0.3 is 9.88 Å². The molecule has 1 saturated carbocycles. The molecule has 0 bridgehead atoms.